The Labute approximate surface area is 82.1 Å². The largest absolute Gasteiger partial charge is 0.306 e. The minimum absolute atomic E-state index is 0.197. The molecule has 0 aliphatic rings. The minimum atomic E-state index is 0.197. The molecule has 0 saturated heterocycles. The molecule has 1 aromatic rings. The lowest BCUT2D eigenvalue weighted by Gasteiger charge is -2.11. The van der Waals surface area contributed by atoms with Gasteiger partial charge in [-0.1, -0.05) is 24.6 Å². The van der Waals surface area contributed by atoms with Crippen molar-refractivity contribution < 1.29 is 0 Å². The smallest absolute Gasteiger partial charge is 0.0613 e. The van der Waals surface area contributed by atoms with E-state index in [2.05, 4.69) is 18.8 Å². The van der Waals surface area contributed by atoms with Gasteiger partial charge in [-0.05, 0) is 18.0 Å². The van der Waals surface area contributed by atoms with Gasteiger partial charge in [0.15, 0.2) is 0 Å². The fourth-order valence-electron chi connectivity index (χ4n) is 1.03. The number of halogens is 1. The molecule has 0 fully saturated rings. The van der Waals surface area contributed by atoms with Crippen LogP contribution in [-0.4, -0.2) is 6.54 Å². The van der Waals surface area contributed by atoms with E-state index in [1.165, 1.54) is 0 Å². The van der Waals surface area contributed by atoms with Crippen LogP contribution in [0.25, 0.3) is 0 Å². The fourth-order valence-corrected chi connectivity index (χ4v) is 2.28. The molecule has 0 saturated carbocycles. The summed E-state index contributed by atoms with van der Waals surface area (Å²) in [5, 5.41) is 6.10. The van der Waals surface area contributed by atoms with Crippen molar-refractivity contribution in [2.45, 2.75) is 13.0 Å². The zero-order valence-corrected chi connectivity index (χ0v) is 8.58. The Hall–Kier alpha value is -0.310. The molecule has 1 atom stereocenters. The van der Waals surface area contributed by atoms with Crippen molar-refractivity contribution >= 4 is 22.9 Å². The number of rotatable bonds is 4. The highest BCUT2D eigenvalue weighted by Crippen LogP contribution is 2.28. The Morgan fingerprint density at radius 3 is 3.00 bits per heavy atom. The molecule has 0 amide bonds. The van der Waals surface area contributed by atoms with E-state index in [-0.39, 0.29) is 6.04 Å². The van der Waals surface area contributed by atoms with Gasteiger partial charge in [0, 0.05) is 4.88 Å². The van der Waals surface area contributed by atoms with E-state index in [1.807, 2.05) is 17.5 Å². The fraction of sp³-hybridized carbons (Fsp3) is 0.333. The van der Waals surface area contributed by atoms with Crippen LogP contribution in [0, 0.1) is 0 Å². The molecule has 1 heterocycles. The maximum atomic E-state index is 5.97. The molecular formula is C9H12ClNS. The van der Waals surface area contributed by atoms with Gasteiger partial charge in [-0.15, -0.1) is 17.9 Å². The van der Waals surface area contributed by atoms with Gasteiger partial charge in [-0.3, -0.25) is 0 Å². The Balaban J connectivity index is 2.79. The van der Waals surface area contributed by atoms with E-state index in [0.717, 1.165) is 16.4 Å². The van der Waals surface area contributed by atoms with Gasteiger partial charge in [0.05, 0.1) is 11.1 Å². The molecule has 0 aliphatic carbocycles. The number of likely N-dealkylation sites (N-methyl/N-ethyl adjacent to an activating group) is 1. The first-order chi connectivity index (χ1) is 5.79. The molecule has 0 aliphatic heterocycles. The molecule has 0 bridgehead atoms. The van der Waals surface area contributed by atoms with E-state index < -0.39 is 0 Å². The van der Waals surface area contributed by atoms with E-state index in [1.54, 1.807) is 11.3 Å². The van der Waals surface area contributed by atoms with Crippen LogP contribution >= 0.6 is 22.9 Å². The quantitative estimate of drug-likeness (QED) is 0.738. The second-order valence-corrected chi connectivity index (χ2v) is 3.76. The van der Waals surface area contributed by atoms with E-state index >= 15 is 0 Å². The minimum Gasteiger partial charge on any atom is -0.306 e. The average molecular weight is 202 g/mol. The lowest BCUT2D eigenvalue weighted by Crippen LogP contribution is -2.17. The Morgan fingerprint density at radius 1 is 1.83 bits per heavy atom. The third-order valence-electron chi connectivity index (χ3n) is 1.59. The maximum Gasteiger partial charge on any atom is 0.0613 e. The topological polar surface area (TPSA) is 12.0 Å². The van der Waals surface area contributed by atoms with Crippen molar-refractivity contribution in [1.29, 1.82) is 0 Å². The van der Waals surface area contributed by atoms with Gasteiger partial charge in [-0.2, -0.15) is 0 Å². The molecule has 1 nitrogen and oxygen atoms in total. The average Bonchev–Trinajstić information content (AvgIpc) is 2.47. The molecule has 0 spiro atoms. The number of thiophene rings is 1. The van der Waals surface area contributed by atoms with Crippen molar-refractivity contribution in [3.8, 4) is 0 Å². The van der Waals surface area contributed by atoms with Crippen LogP contribution < -0.4 is 5.32 Å². The molecule has 0 radical (unpaired) electrons. The first-order valence-corrected chi connectivity index (χ1v) is 5.14. The summed E-state index contributed by atoms with van der Waals surface area (Å²) in [6.45, 7) is 6.75. The zero-order chi connectivity index (χ0) is 8.97. The van der Waals surface area contributed by atoms with Crippen LogP contribution in [0.4, 0.5) is 0 Å². The first kappa shape index (κ1) is 9.78. The highest BCUT2D eigenvalue weighted by molar-refractivity contribution is 7.10. The summed E-state index contributed by atoms with van der Waals surface area (Å²) in [4.78, 5) is 1.15. The summed E-state index contributed by atoms with van der Waals surface area (Å²) in [5.41, 5.74) is 0. The van der Waals surface area contributed by atoms with E-state index in [9.17, 15) is 0 Å². The lowest BCUT2D eigenvalue weighted by atomic mass is 10.2. The zero-order valence-electron chi connectivity index (χ0n) is 7.01. The van der Waals surface area contributed by atoms with Gasteiger partial charge < -0.3 is 5.32 Å². The normalized spacial score (nSPS) is 12.8. The van der Waals surface area contributed by atoms with Crippen LogP contribution in [0.2, 0.25) is 5.02 Å². The predicted octanol–water partition coefficient (Wildman–Crippen LogP) is 3.24. The second kappa shape index (κ2) is 4.65. The third-order valence-corrected chi connectivity index (χ3v) is 3.03. The Bertz CT molecular complexity index is 257. The summed E-state index contributed by atoms with van der Waals surface area (Å²) < 4.78 is 0. The standard InChI is InChI=1S/C9H12ClNS/c1-3-8(11-4-2)9-7(10)5-6-12-9/h3,5-6,8,11H,1,4H2,2H3. The van der Waals surface area contributed by atoms with Crippen LogP contribution in [0.1, 0.15) is 17.8 Å². The lowest BCUT2D eigenvalue weighted by molar-refractivity contribution is 0.658. The monoisotopic (exact) mass is 201 g/mol. The summed E-state index contributed by atoms with van der Waals surface area (Å²) in [5.74, 6) is 0. The molecular weight excluding hydrogens is 190 g/mol. The summed E-state index contributed by atoms with van der Waals surface area (Å²) in [6.07, 6.45) is 1.88. The van der Waals surface area contributed by atoms with E-state index in [0.29, 0.717) is 0 Å². The van der Waals surface area contributed by atoms with Gasteiger partial charge >= 0.3 is 0 Å². The highest BCUT2D eigenvalue weighted by atomic mass is 35.5. The van der Waals surface area contributed by atoms with Crippen molar-refractivity contribution in [2.75, 3.05) is 6.54 Å². The summed E-state index contributed by atoms with van der Waals surface area (Å²) >= 11 is 7.63. The number of nitrogens with one attached hydrogen (secondary N) is 1. The van der Waals surface area contributed by atoms with Crippen LogP contribution in [0.3, 0.4) is 0 Å². The van der Waals surface area contributed by atoms with Crippen molar-refractivity contribution in [1.82, 2.24) is 5.32 Å². The SMILES string of the molecule is C=CC(NCC)c1sccc1Cl. The Morgan fingerprint density at radius 2 is 2.58 bits per heavy atom. The van der Waals surface area contributed by atoms with Crippen LogP contribution in [0.15, 0.2) is 24.1 Å². The van der Waals surface area contributed by atoms with Gasteiger partial charge in [0.1, 0.15) is 0 Å². The molecule has 1 N–H and O–H groups in total. The molecule has 1 rings (SSSR count). The van der Waals surface area contributed by atoms with Crippen LogP contribution in [-0.2, 0) is 0 Å². The molecule has 1 aromatic heterocycles. The second-order valence-electron chi connectivity index (χ2n) is 2.40. The molecule has 12 heavy (non-hydrogen) atoms. The Kier molecular flexibility index (Phi) is 3.79. The highest BCUT2D eigenvalue weighted by Gasteiger charge is 2.10. The number of hydrogen-bond acceptors (Lipinski definition) is 2. The number of hydrogen-bond donors (Lipinski definition) is 1. The molecule has 1 unspecified atom stereocenters. The maximum absolute atomic E-state index is 5.97. The third kappa shape index (κ3) is 2.09. The summed E-state index contributed by atoms with van der Waals surface area (Å²) in [6, 6.07) is 2.11. The van der Waals surface area contributed by atoms with Gasteiger partial charge in [0.2, 0.25) is 0 Å². The molecule has 0 aromatic carbocycles. The van der Waals surface area contributed by atoms with Crippen molar-refractivity contribution in [3.63, 3.8) is 0 Å². The van der Waals surface area contributed by atoms with Crippen molar-refractivity contribution in [2.24, 2.45) is 0 Å². The molecule has 66 valence electrons. The van der Waals surface area contributed by atoms with Gasteiger partial charge in [0.25, 0.3) is 0 Å². The first-order valence-electron chi connectivity index (χ1n) is 3.88. The summed E-state index contributed by atoms with van der Waals surface area (Å²) in [7, 11) is 0. The molecule has 3 heteroatoms. The van der Waals surface area contributed by atoms with Crippen LogP contribution in [0.5, 0.6) is 0 Å². The van der Waals surface area contributed by atoms with Crippen molar-refractivity contribution in [3.05, 3.63) is 34.0 Å². The predicted molar refractivity (Wildman–Crippen MR) is 55.9 cm³/mol. The van der Waals surface area contributed by atoms with Gasteiger partial charge in [-0.25, -0.2) is 0 Å². The van der Waals surface area contributed by atoms with E-state index in [4.69, 9.17) is 11.6 Å².